The Hall–Kier alpha value is -8.78. The van der Waals surface area contributed by atoms with E-state index < -0.39 is 81.1 Å². The predicted molar refractivity (Wildman–Crippen MR) is 392 cm³/mol. The Labute approximate surface area is 617 Å². The molecule has 4 aromatic heterocycles. The van der Waals surface area contributed by atoms with Gasteiger partial charge in [0.05, 0.1) is 45.6 Å². The molecule has 0 N–H and O–H groups in total. The van der Waals surface area contributed by atoms with E-state index in [9.17, 15) is 52.7 Å². The summed E-state index contributed by atoms with van der Waals surface area (Å²) in [7, 11) is 0. The van der Waals surface area contributed by atoms with Gasteiger partial charge in [0.25, 0.3) is 0 Å². The van der Waals surface area contributed by atoms with Gasteiger partial charge in [0.2, 0.25) is 0 Å². The first kappa shape index (κ1) is 85.5. The van der Waals surface area contributed by atoms with E-state index in [1.165, 1.54) is 132 Å². The molecule has 0 unspecified atom stereocenters. The predicted octanol–water partition coefficient (Wildman–Crippen LogP) is 20.3. The Morgan fingerprint density at radius 1 is 0.280 bits per heavy atom. The van der Waals surface area contributed by atoms with Crippen molar-refractivity contribution in [1.29, 1.82) is 0 Å². The van der Waals surface area contributed by atoms with E-state index in [0.29, 0.717) is 78.7 Å². The van der Waals surface area contributed by atoms with Crippen molar-refractivity contribution in [1.82, 2.24) is 50.3 Å². The Morgan fingerprint density at radius 3 is 0.794 bits per heavy atom. The van der Waals surface area contributed by atoms with Crippen molar-refractivity contribution in [2.75, 3.05) is 0 Å². The molecular formula is C80H100F12N14O. The molecule has 10 aromatic rings. The molecule has 0 saturated heterocycles. The van der Waals surface area contributed by atoms with E-state index in [-0.39, 0.29) is 66.7 Å². The molecule has 0 aliphatic carbocycles. The van der Waals surface area contributed by atoms with Gasteiger partial charge in [-0.2, -0.15) is 30.0 Å². The molecule has 0 atom stereocenters. The van der Waals surface area contributed by atoms with Gasteiger partial charge in [0.15, 0.2) is 75.5 Å². The molecule has 6 aromatic carbocycles. The fraction of sp³-hybridized carbons (Fsp3) is 0.525. The van der Waals surface area contributed by atoms with Crippen LogP contribution in [0.3, 0.4) is 0 Å². The van der Waals surface area contributed by atoms with Crippen molar-refractivity contribution >= 4 is 44.1 Å². The lowest BCUT2D eigenvalue weighted by Gasteiger charge is -2.23. The number of fused-ring (bicyclic) bond motifs is 6. The minimum atomic E-state index is -0.888. The van der Waals surface area contributed by atoms with E-state index >= 15 is 0 Å². The van der Waals surface area contributed by atoms with Crippen LogP contribution in [0.2, 0.25) is 0 Å². The van der Waals surface area contributed by atoms with Crippen molar-refractivity contribution in [2.45, 2.75) is 277 Å². The summed E-state index contributed by atoms with van der Waals surface area (Å²) in [5.41, 5.74) is 4.81. The molecule has 0 radical (unpaired) electrons. The number of halogens is 12. The molecule has 0 bridgehead atoms. The monoisotopic (exact) mass is 1500 g/mol. The number of benzene rings is 6. The van der Waals surface area contributed by atoms with Crippen LogP contribution in [0, 0.1) is 153 Å². The summed E-state index contributed by atoms with van der Waals surface area (Å²) in [4.78, 5) is 29.4. The molecule has 2 aliphatic heterocycles. The molecule has 27 heteroatoms. The van der Waals surface area contributed by atoms with Gasteiger partial charge in [0, 0.05) is 79.2 Å². The molecule has 0 spiro atoms. The van der Waals surface area contributed by atoms with Gasteiger partial charge in [0.1, 0.15) is 38.8 Å². The number of aromatic nitrogens is 10. The third-order valence-electron chi connectivity index (χ3n) is 19.5. The SMILES string of the molecule is CCCCCCC1(CCCCCC)N=c2c(C)c(F)c(F)c(C)c2=N1.CCCCCCCCn1nc2c(C)c(F)c(F)c(C)c2n1.CCCCCCn1nc2c(C)c(F)c(F)c(C)c2n1.Cc1c(F)c(F)c(C)c2c1=NC(C)(C)N=2.Cc1c(F)c(F)c(C)c2nccnc12.Cc1c(F)c(F)c(C)c2nonc12. The highest BCUT2D eigenvalue weighted by Gasteiger charge is 2.33. The minimum absolute atomic E-state index is 0.124. The Morgan fingerprint density at radius 2 is 0.505 bits per heavy atom. The van der Waals surface area contributed by atoms with Crippen LogP contribution in [0.5, 0.6) is 0 Å². The van der Waals surface area contributed by atoms with Crippen molar-refractivity contribution < 1.29 is 57.3 Å². The quantitative estimate of drug-likeness (QED) is 0.0472. The van der Waals surface area contributed by atoms with Crippen molar-refractivity contribution in [3.63, 3.8) is 0 Å². The minimum Gasteiger partial charge on any atom is -0.254 e. The van der Waals surface area contributed by atoms with Gasteiger partial charge in [-0.15, -0.1) is 0 Å². The fourth-order valence-electron chi connectivity index (χ4n) is 12.7. The topological polar surface area (TPSA) is 176 Å². The van der Waals surface area contributed by atoms with E-state index in [2.05, 4.69) is 83.0 Å². The normalized spacial score (nSPS) is 12.9. The second-order valence-electron chi connectivity index (χ2n) is 28.2. The van der Waals surface area contributed by atoms with Crippen molar-refractivity contribution in [2.24, 2.45) is 20.0 Å². The maximum absolute atomic E-state index is 14.1. The highest BCUT2D eigenvalue weighted by molar-refractivity contribution is 5.83. The number of unbranched alkanes of at least 4 members (excludes halogenated alkanes) is 14. The maximum Gasteiger partial charge on any atom is 0.164 e. The second-order valence-corrected chi connectivity index (χ2v) is 28.2. The van der Waals surface area contributed by atoms with Gasteiger partial charge in [-0.05, 0) is 146 Å². The summed E-state index contributed by atoms with van der Waals surface area (Å²) in [6.45, 7) is 32.0. The number of aryl methyl sites for hydroxylation is 10. The highest BCUT2D eigenvalue weighted by Crippen LogP contribution is 2.32. The lowest BCUT2D eigenvalue weighted by atomic mass is 9.95. The highest BCUT2D eigenvalue weighted by atomic mass is 19.2. The molecule has 0 saturated carbocycles. The van der Waals surface area contributed by atoms with Gasteiger partial charge >= 0.3 is 0 Å². The van der Waals surface area contributed by atoms with Crippen molar-refractivity contribution in [3.8, 4) is 0 Å². The summed E-state index contributed by atoms with van der Waals surface area (Å²) >= 11 is 0. The summed E-state index contributed by atoms with van der Waals surface area (Å²) in [5, 5.41) is 26.2. The van der Waals surface area contributed by atoms with E-state index in [1.807, 2.05) is 13.8 Å². The third kappa shape index (κ3) is 19.6. The summed E-state index contributed by atoms with van der Waals surface area (Å²) < 4.78 is 167. The van der Waals surface area contributed by atoms with Crippen LogP contribution in [-0.4, -0.2) is 61.6 Å². The molecule has 580 valence electrons. The summed E-state index contributed by atoms with van der Waals surface area (Å²) in [6, 6.07) is 0. The van der Waals surface area contributed by atoms with E-state index in [1.54, 1.807) is 37.3 Å². The first-order chi connectivity index (χ1) is 50.7. The first-order valence-corrected chi connectivity index (χ1v) is 37.0. The zero-order valence-electron chi connectivity index (χ0n) is 64.9. The molecule has 2 aliphatic rings. The Balaban J connectivity index is 0.000000181. The fourth-order valence-corrected chi connectivity index (χ4v) is 12.7. The van der Waals surface area contributed by atoms with Gasteiger partial charge in [-0.25, -0.2) is 57.3 Å². The van der Waals surface area contributed by atoms with Crippen LogP contribution in [0.1, 0.15) is 237 Å². The summed E-state index contributed by atoms with van der Waals surface area (Å²) in [6.07, 6.45) is 25.5. The molecule has 12 rings (SSSR count). The van der Waals surface area contributed by atoms with Crippen LogP contribution in [-0.2, 0) is 13.1 Å². The molecular weight excluding hydrogens is 1400 g/mol. The standard InChI is InChI=1S/C21H32F2N2.C16H23F2N3.C14H19F2N3.C11H12F2N2.C10H8F2N2.C8H6F2N2O/c1-5-7-9-11-13-21(14-12-10-8-6-2)24-19-15(3)17(22)18(23)16(4)20(19)25-21;1-4-5-6-7-8-9-10-21-19-15-11(2)13(17)14(18)12(3)16(15)20-21;1-4-5-6-7-8-19-17-13-9(2)11(15)12(16)10(3)14(13)18-19;1-5-7(12)8(13)6(2)10-9(5)14-11(3,4)15-10;1-5-7(11)8(12)6(2)10-9(5)13-3-4-14-10;1-3-5(9)6(10)4(2)8-7(3)11-13-12-8/h5-14H2,1-4H3;4-10H2,1-3H3;4-8H2,1-3H3;1-4H3;3-4H,1-2H3;1-2H3. The van der Waals surface area contributed by atoms with Gasteiger partial charge < -0.3 is 0 Å². The van der Waals surface area contributed by atoms with Crippen molar-refractivity contribution in [3.05, 3.63) is 170 Å². The van der Waals surface area contributed by atoms with Crippen LogP contribution in [0.15, 0.2) is 37.0 Å². The molecule has 0 fully saturated rings. The van der Waals surface area contributed by atoms with Crippen LogP contribution < -0.4 is 21.4 Å². The zero-order chi connectivity index (χ0) is 79.1. The molecule has 0 amide bonds. The van der Waals surface area contributed by atoms with Gasteiger partial charge in [-0.3, -0.25) is 29.9 Å². The van der Waals surface area contributed by atoms with Gasteiger partial charge in [-0.1, -0.05) is 118 Å². The number of hydrogen-bond acceptors (Lipinski definition) is 13. The largest absolute Gasteiger partial charge is 0.254 e. The number of hydrogen-bond donors (Lipinski definition) is 0. The Kier molecular flexibility index (Phi) is 30.2. The average molecular weight is 1500 g/mol. The molecule has 15 nitrogen and oxygen atoms in total. The third-order valence-corrected chi connectivity index (χ3v) is 19.5. The number of nitrogens with zero attached hydrogens (tertiary/aromatic N) is 14. The molecule has 6 heterocycles. The van der Waals surface area contributed by atoms with Crippen LogP contribution in [0.4, 0.5) is 52.7 Å². The van der Waals surface area contributed by atoms with E-state index in [0.717, 1.165) is 64.2 Å². The molecule has 107 heavy (non-hydrogen) atoms. The lowest BCUT2D eigenvalue weighted by Crippen LogP contribution is -2.30. The lowest BCUT2D eigenvalue weighted by molar-refractivity contribution is 0.315. The van der Waals surface area contributed by atoms with Crippen LogP contribution in [0.25, 0.3) is 44.1 Å². The zero-order valence-corrected chi connectivity index (χ0v) is 64.9. The maximum atomic E-state index is 14.1. The second kappa shape index (κ2) is 37.8. The first-order valence-electron chi connectivity index (χ1n) is 37.0. The smallest absolute Gasteiger partial charge is 0.164 e. The average Bonchev–Trinajstić information content (AvgIpc) is 1.67. The van der Waals surface area contributed by atoms with E-state index in [4.69, 9.17) is 9.98 Å². The summed E-state index contributed by atoms with van der Waals surface area (Å²) in [5.74, 6) is -9.89. The Bertz CT molecular complexity index is 4800. The number of rotatable bonds is 22. The van der Waals surface area contributed by atoms with Crippen LogP contribution >= 0.6 is 0 Å².